The van der Waals surface area contributed by atoms with Gasteiger partial charge in [0.05, 0.1) is 12.2 Å². The maximum Gasteiger partial charge on any atom is 0.347 e. The number of rotatable bonds is 11. The largest absolute Gasteiger partial charge is 0.478 e. The molecule has 1 aromatic heterocycles. The molecule has 40 heavy (non-hydrogen) atoms. The van der Waals surface area contributed by atoms with Crippen LogP contribution in [0.3, 0.4) is 0 Å². The predicted molar refractivity (Wildman–Crippen MR) is 156 cm³/mol. The molecule has 2 N–H and O–H groups in total. The van der Waals surface area contributed by atoms with Crippen LogP contribution in [0.15, 0.2) is 69.4 Å². The van der Waals surface area contributed by atoms with E-state index in [-0.39, 0.29) is 18.5 Å². The molecule has 0 aliphatic heterocycles. The first-order chi connectivity index (χ1) is 19.0. The van der Waals surface area contributed by atoms with Gasteiger partial charge in [-0.2, -0.15) is 0 Å². The van der Waals surface area contributed by atoms with Gasteiger partial charge in [0.25, 0.3) is 0 Å². The summed E-state index contributed by atoms with van der Waals surface area (Å²) in [5.74, 6) is 0.839. The van der Waals surface area contributed by atoms with Gasteiger partial charge in [-0.05, 0) is 77.2 Å². The predicted octanol–water partition coefficient (Wildman–Crippen LogP) is 6.19. The number of carboxylic acid groups (broad SMARTS) is 1. The molecule has 8 nitrogen and oxygen atoms in total. The van der Waals surface area contributed by atoms with Gasteiger partial charge in [0.15, 0.2) is 5.60 Å². The maximum absolute atomic E-state index is 12.8. The number of carboxylic acids is 1. The third kappa shape index (κ3) is 8.42. The molecule has 0 atom stereocenters. The van der Waals surface area contributed by atoms with Gasteiger partial charge in [-0.15, -0.1) is 0 Å². The molecule has 1 saturated carbocycles. The van der Waals surface area contributed by atoms with Crippen molar-refractivity contribution >= 4 is 11.9 Å². The van der Waals surface area contributed by atoms with Crippen LogP contribution in [0, 0.1) is 6.92 Å². The third-order valence-corrected chi connectivity index (χ3v) is 6.70. The highest BCUT2D eigenvalue weighted by Crippen LogP contribution is 2.29. The second-order valence-corrected chi connectivity index (χ2v) is 10.7. The van der Waals surface area contributed by atoms with Crippen molar-refractivity contribution in [3.8, 4) is 11.5 Å². The summed E-state index contributed by atoms with van der Waals surface area (Å²) in [6.45, 7) is 14.1. The summed E-state index contributed by atoms with van der Waals surface area (Å²) >= 11 is 0. The highest BCUT2D eigenvalue weighted by molar-refractivity contribution is 5.78. The van der Waals surface area contributed by atoms with E-state index in [0.29, 0.717) is 31.2 Å². The smallest absolute Gasteiger partial charge is 0.347 e. The second-order valence-electron chi connectivity index (χ2n) is 10.7. The number of nitrogens with one attached hydrogen (secondary N) is 1. The number of hydrogen-bond acceptors (Lipinski definition) is 6. The van der Waals surface area contributed by atoms with E-state index in [2.05, 4.69) is 10.2 Å². The monoisotopic (exact) mass is 549 g/mol. The molecule has 1 heterocycles. The lowest BCUT2D eigenvalue weighted by Gasteiger charge is -2.25. The molecule has 4 rings (SSSR count). The molecule has 2 aliphatic carbocycles. The molecule has 1 fully saturated rings. The molecular formula is C32H43N3O5. The van der Waals surface area contributed by atoms with E-state index in [1.54, 1.807) is 13.8 Å². The number of aliphatic carboxylic acids is 1. The highest BCUT2D eigenvalue weighted by atomic mass is 16.5. The molecule has 2 aliphatic rings. The van der Waals surface area contributed by atoms with E-state index >= 15 is 0 Å². The average molecular weight is 550 g/mol. The van der Waals surface area contributed by atoms with Gasteiger partial charge in [-0.25, -0.2) is 9.78 Å². The number of aryl methyl sites for hydroxylation is 1. The van der Waals surface area contributed by atoms with Crippen LogP contribution in [0.4, 0.5) is 0 Å². The van der Waals surface area contributed by atoms with E-state index in [9.17, 15) is 14.7 Å². The van der Waals surface area contributed by atoms with Crippen molar-refractivity contribution in [2.75, 3.05) is 13.1 Å². The zero-order valence-electron chi connectivity index (χ0n) is 24.8. The van der Waals surface area contributed by atoms with Gasteiger partial charge in [0.1, 0.15) is 11.5 Å². The Morgan fingerprint density at radius 3 is 2.42 bits per heavy atom. The van der Waals surface area contributed by atoms with Crippen molar-refractivity contribution in [3.05, 3.63) is 76.4 Å². The zero-order chi connectivity index (χ0) is 29.4. The summed E-state index contributed by atoms with van der Waals surface area (Å²) in [5.41, 5.74) is 3.19. The van der Waals surface area contributed by atoms with Crippen LogP contribution >= 0.6 is 0 Å². The molecule has 0 radical (unpaired) electrons. The van der Waals surface area contributed by atoms with E-state index in [1.807, 2.05) is 77.1 Å². The average Bonchev–Trinajstić information content (AvgIpc) is 3.68. The Balaban J connectivity index is 0.00000216. The Kier molecular flexibility index (Phi) is 10.5. The Morgan fingerprint density at radius 2 is 1.80 bits per heavy atom. The number of amides is 1. The Bertz CT molecular complexity index is 1280. The van der Waals surface area contributed by atoms with Crippen LogP contribution in [0.1, 0.15) is 72.3 Å². The van der Waals surface area contributed by atoms with Gasteiger partial charge in [0.2, 0.25) is 11.8 Å². The fourth-order valence-corrected chi connectivity index (χ4v) is 4.34. The van der Waals surface area contributed by atoms with Crippen molar-refractivity contribution in [2.24, 2.45) is 0 Å². The van der Waals surface area contributed by atoms with Crippen LogP contribution in [0.2, 0.25) is 0 Å². The third-order valence-electron chi connectivity index (χ3n) is 6.70. The lowest BCUT2D eigenvalue weighted by molar-refractivity contribution is -0.156. The second kappa shape index (κ2) is 13.6. The molecule has 0 spiro atoms. The molecule has 0 saturated heterocycles. The number of carbonyl (C=O) groups excluding carboxylic acids is 1. The Morgan fingerprint density at radius 1 is 1.12 bits per heavy atom. The fraction of sp³-hybridized carbons (Fsp3) is 0.469. The standard InChI is InChI=1S/C30H37N3O5.C2H6/c1-19-11-12-22(15-20(2)27(19)38-30(4,5)29(35)36)16-33(18-26(34)31-24-13-14-24)17-25-21(3)37-28(32-25)23-9-7-6-8-10-23;1-2/h6-11,15,24H,12-14,16-18H2,1-5H3,(H,31,34)(H,35,36);1-2H3. The van der Waals surface area contributed by atoms with Crippen molar-refractivity contribution in [1.29, 1.82) is 0 Å². The SMILES string of the molecule is CC.CC1=CCC(CN(CC(=O)NC2CC2)Cc2nc(-c3ccccc3)oc2C)=CC(C)=C1OC(C)(C)C(=O)O. The first kappa shape index (κ1) is 30.9. The first-order valence-electron chi connectivity index (χ1n) is 14.0. The molecule has 8 heteroatoms. The molecular weight excluding hydrogens is 506 g/mol. The van der Waals surface area contributed by atoms with Crippen LogP contribution in [0.5, 0.6) is 0 Å². The number of ether oxygens (including phenoxy) is 1. The molecule has 1 amide bonds. The summed E-state index contributed by atoms with van der Waals surface area (Å²) in [5, 5.41) is 12.6. The van der Waals surface area contributed by atoms with E-state index < -0.39 is 11.6 Å². The molecule has 0 bridgehead atoms. The number of nitrogens with zero attached hydrogens (tertiary/aromatic N) is 2. The van der Waals surface area contributed by atoms with Gasteiger partial charge in [-0.1, -0.05) is 49.8 Å². The van der Waals surface area contributed by atoms with Crippen LogP contribution in [-0.2, 0) is 20.9 Å². The zero-order valence-corrected chi connectivity index (χ0v) is 24.8. The van der Waals surface area contributed by atoms with E-state index in [4.69, 9.17) is 14.1 Å². The first-order valence-corrected chi connectivity index (χ1v) is 14.0. The van der Waals surface area contributed by atoms with Gasteiger partial charge < -0.3 is 19.6 Å². The summed E-state index contributed by atoms with van der Waals surface area (Å²) in [6.07, 6.45) is 6.81. The van der Waals surface area contributed by atoms with Gasteiger partial charge in [0, 0.05) is 24.7 Å². The van der Waals surface area contributed by atoms with E-state index in [0.717, 1.165) is 46.6 Å². The maximum atomic E-state index is 12.8. The van der Waals surface area contributed by atoms with Gasteiger partial charge in [-0.3, -0.25) is 9.69 Å². The number of benzene rings is 1. The fourth-order valence-electron chi connectivity index (χ4n) is 4.34. The number of carbonyl (C=O) groups is 2. The Hall–Kier alpha value is -3.65. The summed E-state index contributed by atoms with van der Waals surface area (Å²) in [6, 6.07) is 10.0. The minimum Gasteiger partial charge on any atom is -0.478 e. The van der Waals surface area contributed by atoms with E-state index in [1.165, 1.54) is 0 Å². The topological polar surface area (TPSA) is 105 Å². The number of oxazole rings is 1. The van der Waals surface area contributed by atoms with Crippen molar-refractivity contribution < 1.29 is 23.8 Å². The van der Waals surface area contributed by atoms with Crippen LogP contribution in [-0.4, -0.2) is 51.6 Å². The normalized spacial score (nSPS) is 15.5. The Labute approximate surface area is 237 Å². The summed E-state index contributed by atoms with van der Waals surface area (Å²) in [7, 11) is 0. The van der Waals surface area contributed by atoms with Crippen LogP contribution < -0.4 is 5.32 Å². The minimum absolute atomic E-state index is 0.00244. The highest BCUT2D eigenvalue weighted by Gasteiger charge is 2.31. The number of hydrogen-bond donors (Lipinski definition) is 2. The lowest BCUT2D eigenvalue weighted by atomic mass is 10.1. The number of allylic oxidation sites excluding steroid dienone is 4. The van der Waals surface area contributed by atoms with Crippen molar-refractivity contribution in [1.82, 2.24) is 15.2 Å². The van der Waals surface area contributed by atoms with Crippen LogP contribution in [0.25, 0.3) is 11.5 Å². The minimum atomic E-state index is -1.35. The van der Waals surface area contributed by atoms with Crippen molar-refractivity contribution in [3.63, 3.8) is 0 Å². The molecule has 1 aromatic carbocycles. The molecule has 0 unspecified atom stereocenters. The van der Waals surface area contributed by atoms with Gasteiger partial charge >= 0.3 is 5.97 Å². The molecule has 2 aromatic rings. The summed E-state index contributed by atoms with van der Waals surface area (Å²) < 4.78 is 11.9. The lowest BCUT2D eigenvalue weighted by Crippen LogP contribution is -2.39. The molecule has 216 valence electrons. The quantitative estimate of drug-likeness (QED) is 0.344. The summed E-state index contributed by atoms with van der Waals surface area (Å²) in [4.78, 5) is 31.3. The number of aromatic nitrogens is 1. The van der Waals surface area contributed by atoms with Crippen molar-refractivity contribution in [2.45, 2.75) is 85.9 Å².